The summed E-state index contributed by atoms with van der Waals surface area (Å²) < 4.78 is 11.4. The molecule has 0 radical (unpaired) electrons. The van der Waals surface area contributed by atoms with Gasteiger partial charge in [-0.1, -0.05) is 49.3 Å². The van der Waals surface area contributed by atoms with Crippen molar-refractivity contribution in [2.75, 3.05) is 42.6 Å². The molecule has 2 aromatic heterocycles. The molecule has 0 aliphatic carbocycles. The van der Waals surface area contributed by atoms with Gasteiger partial charge in [0.25, 0.3) is 0 Å². The first-order chi connectivity index (χ1) is 16.6. The average molecular weight is 464 g/mol. The number of aromatic nitrogens is 4. The van der Waals surface area contributed by atoms with Crippen LogP contribution < -0.4 is 20.3 Å². The van der Waals surface area contributed by atoms with Gasteiger partial charge >= 0.3 is 6.01 Å². The van der Waals surface area contributed by atoms with Gasteiger partial charge in [0.1, 0.15) is 0 Å². The van der Waals surface area contributed by atoms with E-state index in [1.807, 2.05) is 6.07 Å². The third kappa shape index (κ3) is 4.99. The molecule has 2 unspecified atom stereocenters. The zero-order valence-corrected chi connectivity index (χ0v) is 19.9. The zero-order valence-electron chi connectivity index (χ0n) is 19.9. The van der Waals surface area contributed by atoms with Crippen molar-refractivity contribution in [3.63, 3.8) is 0 Å². The second-order valence-electron chi connectivity index (χ2n) is 9.64. The molecule has 2 saturated heterocycles. The van der Waals surface area contributed by atoms with Gasteiger partial charge in [-0.3, -0.25) is 0 Å². The van der Waals surface area contributed by atoms with Crippen molar-refractivity contribution >= 4 is 12.0 Å². The van der Waals surface area contributed by atoms with Gasteiger partial charge in [-0.15, -0.1) is 0 Å². The van der Waals surface area contributed by atoms with Crippen molar-refractivity contribution in [1.82, 2.24) is 20.1 Å². The van der Waals surface area contributed by atoms with Crippen molar-refractivity contribution in [1.29, 1.82) is 0 Å². The van der Waals surface area contributed by atoms with Crippen molar-refractivity contribution < 1.29 is 9.26 Å². The van der Waals surface area contributed by atoms with E-state index in [2.05, 4.69) is 68.0 Å². The molecule has 9 heteroatoms. The van der Waals surface area contributed by atoms with Crippen LogP contribution in [0.25, 0.3) is 0 Å². The minimum Gasteiger partial charge on any atom is -0.490 e. The fourth-order valence-corrected chi connectivity index (χ4v) is 4.69. The Morgan fingerprint density at radius 3 is 2.47 bits per heavy atom. The van der Waals surface area contributed by atoms with Gasteiger partial charge in [0.05, 0.1) is 19.0 Å². The van der Waals surface area contributed by atoms with Crippen LogP contribution in [0.2, 0.25) is 0 Å². The lowest BCUT2D eigenvalue weighted by Crippen LogP contribution is -2.35. The molecule has 2 atom stereocenters. The van der Waals surface area contributed by atoms with Crippen LogP contribution in [-0.2, 0) is 0 Å². The van der Waals surface area contributed by atoms with Crippen LogP contribution in [0.1, 0.15) is 49.9 Å². The molecular formula is C25H33N7O2. The molecule has 0 saturated carbocycles. The van der Waals surface area contributed by atoms with Gasteiger partial charge in [-0.25, -0.2) is 9.97 Å². The second-order valence-corrected chi connectivity index (χ2v) is 9.64. The fraction of sp³-hybridized carbons (Fsp3) is 0.520. The van der Waals surface area contributed by atoms with E-state index in [0.29, 0.717) is 30.2 Å². The lowest BCUT2D eigenvalue weighted by Gasteiger charge is -2.30. The summed E-state index contributed by atoms with van der Waals surface area (Å²) in [5.74, 6) is 3.20. The van der Waals surface area contributed by atoms with E-state index in [9.17, 15) is 0 Å². The highest BCUT2D eigenvalue weighted by Crippen LogP contribution is 2.29. The van der Waals surface area contributed by atoms with E-state index < -0.39 is 0 Å². The molecule has 9 nitrogen and oxygen atoms in total. The number of hydrogen-bond donors (Lipinski definition) is 1. The number of hydrogen-bond acceptors (Lipinski definition) is 9. The van der Waals surface area contributed by atoms with Crippen LogP contribution in [0.15, 0.2) is 47.2 Å². The van der Waals surface area contributed by atoms with Crippen LogP contribution in [-0.4, -0.2) is 58.9 Å². The lowest BCUT2D eigenvalue weighted by atomic mass is 9.95. The molecule has 3 aromatic rings. The summed E-state index contributed by atoms with van der Waals surface area (Å²) in [5, 5.41) is 4.07. The van der Waals surface area contributed by atoms with E-state index in [-0.39, 0.29) is 17.9 Å². The maximum absolute atomic E-state index is 6.42. The van der Waals surface area contributed by atoms with Crippen LogP contribution >= 0.6 is 0 Å². The molecule has 4 heterocycles. The molecule has 2 aliphatic rings. The van der Waals surface area contributed by atoms with E-state index in [1.165, 1.54) is 5.56 Å². The molecule has 0 bridgehead atoms. The Morgan fingerprint density at radius 2 is 1.79 bits per heavy atom. The number of anilines is 2. The van der Waals surface area contributed by atoms with Crippen molar-refractivity contribution in [3.8, 4) is 5.75 Å². The van der Waals surface area contributed by atoms with E-state index >= 15 is 0 Å². The Balaban J connectivity index is 1.10. The minimum absolute atomic E-state index is 0.0666. The standard InChI is InChI=1S/C25H33N7O2/c1-17(2)23-29-25(34-30-23)31-10-8-18(9-11-31)16-33-20-12-27-24(28-13-20)32-14-21(22(26)15-32)19-6-4-3-5-7-19/h3-7,12-13,17-18,21-22H,8-11,14-16,26H2,1-2H3. The van der Waals surface area contributed by atoms with Crippen molar-refractivity contribution in [3.05, 3.63) is 54.1 Å². The maximum Gasteiger partial charge on any atom is 0.324 e. The smallest absolute Gasteiger partial charge is 0.324 e. The van der Waals surface area contributed by atoms with Crippen molar-refractivity contribution in [2.24, 2.45) is 11.7 Å². The normalized spacial score (nSPS) is 21.4. The van der Waals surface area contributed by atoms with Crippen LogP contribution in [0.3, 0.4) is 0 Å². The molecule has 180 valence electrons. The Bertz CT molecular complexity index is 1050. The average Bonchev–Trinajstić information content (AvgIpc) is 3.52. The summed E-state index contributed by atoms with van der Waals surface area (Å²) in [7, 11) is 0. The quantitative estimate of drug-likeness (QED) is 0.565. The summed E-state index contributed by atoms with van der Waals surface area (Å²) in [5.41, 5.74) is 7.69. The van der Waals surface area contributed by atoms with Gasteiger partial charge in [-0.2, -0.15) is 4.98 Å². The van der Waals surface area contributed by atoms with E-state index in [1.54, 1.807) is 12.4 Å². The molecular weight excluding hydrogens is 430 g/mol. The van der Waals surface area contributed by atoms with Crippen LogP contribution in [0, 0.1) is 5.92 Å². The number of piperidine rings is 1. The molecule has 2 N–H and O–H groups in total. The van der Waals surface area contributed by atoms with Gasteiger partial charge in [-0.05, 0) is 24.3 Å². The predicted molar refractivity (Wildman–Crippen MR) is 130 cm³/mol. The first kappa shape index (κ1) is 22.6. The van der Waals surface area contributed by atoms with E-state index in [0.717, 1.165) is 44.8 Å². The summed E-state index contributed by atoms with van der Waals surface area (Å²) in [4.78, 5) is 17.9. The van der Waals surface area contributed by atoms with Gasteiger partial charge in [0.15, 0.2) is 11.6 Å². The highest BCUT2D eigenvalue weighted by molar-refractivity contribution is 5.38. The second kappa shape index (κ2) is 9.97. The number of benzene rings is 1. The first-order valence-corrected chi connectivity index (χ1v) is 12.2. The van der Waals surface area contributed by atoms with Crippen molar-refractivity contribution in [2.45, 2.75) is 44.6 Å². The largest absolute Gasteiger partial charge is 0.490 e. The third-order valence-electron chi connectivity index (χ3n) is 6.81. The SMILES string of the molecule is CC(C)c1noc(N2CCC(COc3cnc(N4CC(N)C(c5ccccc5)C4)nc3)CC2)n1. The fourth-order valence-electron chi connectivity index (χ4n) is 4.69. The van der Waals surface area contributed by atoms with E-state index in [4.69, 9.17) is 15.0 Å². The number of ether oxygens (including phenoxy) is 1. The highest BCUT2D eigenvalue weighted by Gasteiger charge is 2.32. The zero-order chi connectivity index (χ0) is 23.5. The summed E-state index contributed by atoms with van der Waals surface area (Å²) >= 11 is 0. The number of nitrogens with zero attached hydrogens (tertiary/aromatic N) is 6. The summed E-state index contributed by atoms with van der Waals surface area (Å²) in [6, 6.07) is 11.1. The Morgan fingerprint density at radius 1 is 1.06 bits per heavy atom. The topological polar surface area (TPSA) is 106 Å². The maximum atomic E-state index is 6.42. The summed E-state index contributed by atoms with van der Waals surface area (Å²) in [6.07, 6.45) is 5.57. The number of nitrogens with two attached hydrogens (primary N) is 1. The highest BCUT2D eigenvalue weighted by atomic mass is 16.5. The Hall–Kier alpha value is -3.20. The summed E-state index contributed by atoms with van der Waals surface area (Å²) in [6.45, 7) is 8.13. The van der Waals surface area contributed by atoms with Crippen LogP contribution in [0.5, 0.6) is 5.75 Å². The molecule has 1 aromatic carbocycles. The minimum atomic E-state index is 0.0666. The Kier molecular flexibility index (Phi) is 6.62. The van der Waals surface area contributed by atoms with Gasteiger partial charge < -0.3 is 24.8 Å². The molecule has 2 fully saturated rings. The Labute approximate surface area is 200 Å². The first-order valence-electron chi connectivity index (χ1n) is 12.2. The third-order valence-corrected chi connectivity index (χ3v) is 6.81. The molecule has 0 spiro atoms. The lowest BCUT2D eigenvalue weighted by molar-refractivity contribution is 0.219. The predicted octanol–water partition coefficient (Wildman–Crippen LogP) is 3.21. The van der Waals surface area contributed by atoms with Crippen LogP contribution in [0.4, 0.5) is 12.0 Å². The van der Waals surface area contributed by atoms with Gasteiger partial charge in [0, 0.05) is 44.1 Å². The molecule has 0 amide bonds. The number of rotatable bonds is 7. The molecule has 2 aliphatic heterocycles. The molecule has 34 heavy (non-hydrogen) atoms. The monoisotopic (exact) mass is 463 g/mol. The molecule has 5 rings (SSSR count). The van der Waals surface area contributed by atoms with Gasteiger partial charge in [0.2, 0.25) is 5.95 Å².